The van der Waals surface area contributed by atoms with Crippen molar-refractivity contribution in [2.75, 3.05) is 0 Å². The van der Waals surface area contributed by atoms with E-state index < -0.39 is 0 Å². The molecule has 2 aliphatic carbocycles. The molecular formula is C11H20O. The lowest BCUT2D eigenvalue weighted by atomic mass is 9.77. The van der Waals surface area contributed by atoms with Crippen molar-refractivity contribution in [3.05, 3.63) is 0 Å². The first-order valence-electron chi connectivity index (χ1n) is 5.47. The van der Waals surface area contributed by atoms with Gasteiger partial charge in [-0.3, -0.25) is 0 Å². The maximum atomic E-state index is 9.93. The molecule has 2 rings (SSSR count). The lowest BCUT2D eigenvalue weighted by molar-refractivity contribution is 0.117. The molecule has 4 atom stereocenters. The lowest BCUT2D eigenvalue weighted by Gasteiger charge is -2.28. The van der Waals surface area contributed by atoms with E-state index in [-0.39, 0.29) is 6.10 Å². The summed E-state index contributed by atoms with van der Waals surface area (Å²) in [4.78, 5) is 0. The Balaban J connectivity index is 2.15. The summed E-state index contributed by atoms with van der Waals surface area (Å²) in [5.41, 5.74) is 0. The van der Waals surface area contributed by atoms with Crippen LogP contribution in [0.15, 0.2) is 0 Å². The summed E-state index contributed by atoms with van der Waals surface area (Å²) in [5.74, 6) is 2.99. The fraction of sp³-hybridized carbons (Fsp3) is 1.00. The van der Waals surface area contributed by atoms with Crippen molar-refractivity contribution in [1.82, 2.24) is 0 Å². The minimum atomic E-state index is 0.0555. The van der Waals surface area contributed by atoms with Gasteiger partial charge in [-0.05, 0) is 36.5 Å². The van der Waals surface area contributed by atoms with Crippen molar-refractivity contribution >= 4 is 0 Å². The van der Waals surface area contributed by atoms with Crippen molar-refractivity contribution in [2.24, 2.45) is 23.7 Å². The van der Waals surface area contributed by atoms with E-state index in [9.17, 15) is 5.11 Å². The molecule has 0 aromatic rings. The van der Waals surface area contributed by atoms with E-state index >= 15 is 0 Å². The van der Waals surface area contributed by atoms with Gasteiger partial charge in [0.1, 0.15) is 0 Å². The Labute approximate surface area is 75.2 Å². The predicted molar refractivity (Wildman–Crippen MR) is 49.8 cm³/mol. The van der Waals surface area contributed by atoms with Crippen LogP contribution in [0.3, 0.4) is 0 Å². The van der Waals surface area contributed by atoms with Crippen molar-refractivity contribution in [3.63, 3.8) is 0 Å². The van der Waals surface area contributed by atoms with Crippen molar-refractivity contribution in [1.29, 1.82) is 0 Å². The zero-order valence-electron chi connectivity index (χ0n) is 8.16. The quantitative estimate of drug-likeness (QED) is 0.671. The molecule has 70 valence electrons. The van der Waals surface area contributed by atoms with E-state index in [0.29, 0.717) is 11.8 Å². The molecule has 0 saturated heterocycles. The molecule has 1 N–H and O–H groups in total. The van der Waals surface area contributed by atoms with Gasteiger partial charge in [-0.15, -0.1) is 0 Å². The van der Waals surface area contributed by atoms with Crippen LogP contribution < -0.4 is 0 Å². The molecule has 2 bridgehead atoms. The van der Waals surface area contributed by atoms with E-state index in [1.807, 2.05) is 0 Å². The molecule has 0 aromatic heterocycles. The minimum Gasteiger partial charge on any atom is -0.393 e. The van der Waals surface area contributed by atoms with Gasteiger partial charge in [0.05, 0.1) is 6.10 Å². The molecule has 0 aromatic carbocycles. The molecule has 12 heavy (non-hydrogen) atoms. The molecular weight excluding hydrogens is 148 g/mol. The summed E-state index contributed by atoms with van der Waals surface area (Å²) in [6.07, 6.45) is 5.19. The largest absolute Gasteiger partial charge is 0.393 e. The fourth-order valence-electron chi connectivity index (χ4n) is 3.82. The predicted octanol–water partition coefficient (Wildman–Crippen LogP) is 2.44. The molecule has 0 spiro atoms. The maximum absolute atomic E-state index is 9.93. The Hall–Kier alpha value is -0.0400. The van der Waals surface area contributed by atoms with Crippen LogP contribution >= 0.6 is 0 Å². The molecule has 0 radical (unpaired) electrons. The zero-order chi connectivity index (χ0) is 8.72. The van der Waals surface area contributed by atoms with Gasteiger partial charge in [-0.25, -0.2) is 0 Å². The van der Waals surface area contributed by atoms with Crippen LogP contribution in [0.2, 0.25) is 0 Å². The van der Waals surface area contributed by atoms with Gasteiger partial charge in [0.15, 0.2) is 0 Å². The molecule has 0 heterocycles. The van der Waals surface area contributed by atoms with Gasteiger partial charge in [-0.2, -0.15) is 0 Å². The Morgan fingerprint density at radius 3 is 1.75 bits per heavy atom. The summed E-state index contributed by atoms with van der Waals surface area (Å²) in [5, 5.41) is 9.93. The highest BCUT2D eigenvalue weighted by Gasteiger charge is 2.51. The Morgan fingerprint density at radius 1 is 1.00 bits per heavy atom. The zero-order valence-corrected chi connectivity index (χ0v) is 8.16. The van der Waals surface area contributed by atoms with Crippen LogP contribution in [0, 0.1) is 23.7 Å². The van der Waals surface area contributed by atoms with Gasteiger partial charge < -0.3 is 5.11 Å². The second kappa shape index (κ2) is 3.02. The Morgan fingerprint density at radius 2 is 1.42 bits per heavy atom. The van der Waals surface area contributed by atoms with Crippen molar-refractivity contribution in [3.8, 4) is 0 Å². The summed E-state index contributed by atoms with van der Waals surface area (Å²) in [7, 11) is 0. The first-order valence-corrected chi connectivity index (χ1v) is 5.47. The topological polar surface area (TPSA) is 20.2 Å². The maximum Gasteiger partial charge on any atom is 0.0602 e. The van der Waals surface area contributed by atoms with Crippen LogP contribution in [0.1, 0.15) is 39.5 Å². The smallest absolute Gasteiger partial charge is 0.0602 e. The third-order valence-electron chi connectivity index (χ3n) is 4.30. The number of aliphatic hydroxyl groups is 1. The average molecular weight is 168 g/mol. The van der Waals surface area contributed by atoms with E-state index in [0.717, 1.165) is 11.8 Å². The average Bonchev–Trinajstić information content (AvgIpc) is 2.58. The van der Waals surface area contributed by atoms with E-state index in [1.54, 1.807) is 0 Å². The highest BCUT2D eigenvalue weighted by atomic mass is 16.3. The third kappa shape index (κ3) is 0.953. The Kier molecular flexibility index (Phi) is 2.16. The molecule has 2 fully saturated rings. The third-order valence-corrected chi connectivity index (χ3v) is 4.30. The molecule has 2 aliphatic rings. The summed E-state index contributed by atoms with van der Waals surface area (Å²) < 4.78 is 0. The van der Waals surface area contributed by atoms with Gasteiger partial charge in [0.25, 0.3) is 0 Å². The van der Waals surface area contributed by atoms with Crippen LogP contribution in [0.5, 0.6) is 0 Å². The van der Waals surface area contributed by atoms with Crippen LogP contribution in [-0.4, -0.2) is 11.2 Å². The SMILES string of the molecule is CCC1C2CCC(C2O)C1CC. The highest BCUT2D eigenvalue weighted by Crippen LogP contribution is 2.54. The second-order valence-electron chi connectivity index (χ2n) is 4.54. The summed E-state index contributed by atoms with van der Waals surface area (Å²) in [6.45, 7) is 4.56. The summed E-state index contributed by atoms with van der Waals surface area (Å²) in [6, 6.07) is 0. The number of aliphatic hydroxyl groups excluding tert-OH is 1. The number of hydrogen-bond acceptors (Lipinski definition) is 1. The normalized spacial score (nSPS) is 51.8. The first-order chi connectivity index (χ1) is 5.79. The Bertz CT molecular complexity index is 148. The van der Waals surface area contributed by atoms with Crippen molar-refractivity contribution < 1.29 is 5.11 Å². The van der Waals surface area contributed by atoms with Crippen LogP contribution in [-0.2, 0) is 0 Å². The number of fused-ring (bicyclic) bond motifs is 2. The van der Waals surface area contributed by atoms with E-state index in [1.165, 1.54) is 25.7 Å². The molecule has 2 saturated carbocycles. The lowest BCUT2D eigenvalue weighted by Crippen LogP contribution is -2.20. The van der Waals surface area contributed by atoms with Crippen molar-refractivity contribution in [2.45, 2.75) is 45.6 Å². The van der Waals surface area contributed by atoms with Crippen LogP contribution in [0.25, 0.3) is 0 Å². The number of rotatable bonds is 2. The van der Waals surface area contributed by atoms with Gasteiger partial charge in [0.2, 0.25) is 0 Å². The molecule has 0 amide bonds. The first kappa shape index (κ1) is 8.55. The second-order valence-corrected chi connectivity index (χ2v) is 4.54. The monoisotopic (exact) mass is 168 g/mol. The fourth-order valence-corrected chi connectivity index (χ4v) is 3.82. The minimum absolute atomic E-state index is 0.0555. The molecule has 0 aliphatic heterocycles. The standard InChI is InChI=1S/C11H20O/c1-3-7-8(4-2)10-6-5-9(7)11(10)12/h7-12H,3-6H2,1-2H3. The van der Waals surface area contributed by atoms with Gasteiger partial charge >= 0.3 is 0 Å². The summed E-state index contributed by atoms with van der Waals surface area (Å²) >= 11 is 0. The molecule has 1 heteroatoms. The van der Waals surface area contributed by atoms with Gasteiger partial charge in [0, 0.05) is 0 Å². The number of hydrogen-bond donors (Lipinski definition) is 1. The molecule has 1 nitrogen and oxygen atoms in total. The van der Waals surface area contributed by atoms with E-state index in [2.05, 4.69) is 13.8 Å². The molecule has 4 unspecified atom stereocenters. The van der Waals surface area contributed by atoms with Crippen LogP contribution in [0.4, 0.5) is 0 Å². The highest BCUT2D eigenvalue weighted by molar-refractivity contribution is 5.01. The van der Waals surface area contributed by atoms with Gasteiger partial charge in [-0.1, -0.05) is 26.7 Å². The van der Waals surface area contributed by atoms with E-state index in [4.69, 9.17) is 0 Å².